The van der Waals surface area contributed by atoms with E-state index in [-0.39, 0.29) is 16.9 Å². The molecule has 0 N–H and O–H groups in total. The average Bonchev–Trinajstić information content (AvgIpc) is 3.97. The Bertz CT molecular complexity index is 3480. The third-order valence-electron chi connectivity index (χ3n) is 11.5. The topological polar surface area (TPSA) is 9.86 Å². The number of benzene rings is 8. The fourth-order valence-electron chi connectivity index (χ4n) is 9.20. The number of para-hydroxylation sites is 2. The van der Waals surface area contributed by atoms with Crippen LogP contribution < -0.4 is 0 Å². The molecule has 58 heavy (non-hydrogen) atoms. The van der Waals surface area contributed by atoms with Crippen LogP contribution in [0.25, 0.3) is 106 Å². The van der Waals surface area contributed by atoms with E-state index in [2.05, 4.69) is 0 Å². The number of alkyl halides is 3. The summed E-state index contributed by atoms with van der Waals surface area (Å²) in [5.74, 6) is -1.75. The minimum absolute atomic E-state index is 0.0184. The van der Waals surface area contributed by atoms with Gasteiger partial charge in [0.2, 0.25) is 0 Å². The van der Waals surface area contributed by atoms with Gasteiger partial charge >= 0.3 is 6.18 Å². The normalized spacial score (nSPS) is 12.6. The Morgan fingerprint density at radius 2 is 0.845 bits per heavy atom. The molecule has 0 unspecified atom stereocenters. The number of hydrogen-bond acceptors (Lipinski definition) is 2. The van der Waals surface area contributed by atoms with Gasteiger partial charge in [-0.2, -0.15) is 13.2 Å². The van der Waals surface area contributed by atoms with Crippen molar-refractivity contribution in [3.05, 3.63) is 169 Å². The van der Waals surface area contributed by atoms with Crippen LogP contribution in [0, 0.1) is 11.6 Å². The lowest BCUT2D eigenvalue weighted by atomic mass is 9.98. The molecule has 12 rings (SSSR count). The summed E-state index contributed by atoms with van der Waals surface area (Å²) in [5, 5.41) is 6.52. The first-order chi connectivity index (χ1) is 28.3. The van der Waals surface area contributed by atoms with Crippen molar-refractivity contribution < 1.29 is 22.0 Å². The molecule has 4 aromatic heterocycles. The number of nitrogens with zero attached hydrogens (tertiary/aromatic N) is 2. The van der Waals surface area contributed by atoms with Crippen molar-refractivity contribution in [2.75, 3.05) is 0 Å². The van der Waals surface area contributed by atoms with Crippen molar-refractivity contribution in [3.8, 4) is 22.5 Å². The predicted octanol–water partition coefficient (Wildman–Crippen LogP) is 15.6. The van der Waals surface area contributed by atoms with E-state index in [9.17, 15) is 0 Å². The first-order valence-corrected chi connectivity index (χ1v) is 20.3. The third kappa shape index (κ3) is 4.57. The molecule has 4 heterocycles. The van der Waals surface area contributed by atoms with Crippen LogP contribution in [0.3, 0.4) is 0 Å². The van der Waals surface area contributed by atoms with Gasteiger partial charge in [0.15, 0.2) is 0 Å². The molecule has 8 aromatic carbocycles. The van der Waals surface area contributed by atoms with E-state index >= 15 is 22.0 Å². The highest BCUT2D eigenvalue weighted by molar-refractivity contribution is 7.26. The van der Waals surface area contributed by atoms with Crippen molar-refractivity contribution in [1.82, 2.24) is 9.13 Å². The van der Waals surface area contributed by atoms with Crippen LogP contribution in [0.1, 0.15) is 5.56 Å². The van der Waals surface area contributed by atoms with E-state index in [0.29, 0.717) is 22.1 Å². The van der Waals surface area contributed by atoms with Crippen LogP contribution in [0.5, 0.6) is 0 Å². The fraction of sp³-hybridized carbons (Fsp3) is 0.0204. The molecule has 0 aliphatic heterocycles. The Hall–Kier alpha value is -6.55. The summed E-state index contributed by atoms with van der Waals surface area (Å²) in [7, 11) is 0. The highest BCUT2D eigenvalue weighted by Crippen LogP contribution is 2.50. The van der Waals surface area contributed by atoms with Gasteiger partial charge in [0, 0.05) is 61.9 Å². The molecule has 2 nitrogen and oxygen atoms in total. The van der Waals surface area contributed by atoms with Crippen molar-refractivity contribution >= 4 is 107 Å². The Morgan fingerprint density at radius 3 is 1.31 bits per heavy atom. The van der Waals surface area contributed by atoms with Gasteiger partial charge in [-0.15, -0.1) is 22.7 Å². The van der Waals surface area contributed by atoms with Crippen LogP contribution in [0.4, 0.5) is 22.0 Å². The summed E-state index contributed by atoms with van der Waals surface area (Å²) >= 11 is 3.15. The molecule has 0 saturated heterocycles. The number of hydrogen-bond donors (Lipinski definition) is 0. The lowest BCUT2D eigenvalue weighted by molar-refractivity contribution is -0.137. The molecule has 9 heteroatoms. The lowest BCUT2D eigenvalue weighted by Crippen LogP contribution is -2.16. The number of thiophene rings is 2. The molecular formula is C49H25F5N2S2. The molecule has 0 spiro atoms. The lowest BCUT2D eigenvalue weighted by Gasteiger charge is -2.23. The molecule has 0 amide bonds. The monoisotopic (exact) mass is 800 g/mol. The summed E-state index contributed by atoms with van der Waals surface area (Å²) in [6.07, 6.45) is -4.94. The highest BCUT2D eigenvalue weighted by Gasteiger charge is 2.40. The molecule has 0 bridgehead atoms. The van der Waals surface area contributed by atoms with Gasteiger partial charge in [-0.3, -0.25) is 0 Å². The molecule has 0 saturated carbocycles. The van der Waals surface area contributed by atoms with E-state index in [1.807, 2.05) is 109 Å². The standard InChI is InChI=1S/C49H25F5N2S2/c50-33-14-9-15-34(51)43(33)26-24-37(55-35-16-5-1-10-27(35)29-20-22-41-44(47(29)55)31-12-3-7-18-39(31)57-41)46(49(52,53)54)38(25-26)56-36-17-6-2-11-28(36)30-21-23-42-45(48(30)56)32-13-4-8-19-40(32)58-42/h1-25H. The molecule has 0 fully saturated rings. The number of fused-ring (bicyclic) bond motifs is 14. The quantitative estimate of drug-likeness (QED) is 0.158. The summed E-state index contributed by atoms with van der Waals surface area (Å²) in [5.41, 5.74) is 0.445. The Balaban J connectivity index is 1.35. The van der Waals surface area contributed by atoms with Crippen molar-refractivity contribution in [2.24, 2.45) is 0 Å². The van der Waals surface area contributed by atoms with E-state index < -0.39 is 28.9 Å². The van der Waals surface area contributed by atoms with Crippen molar-refractivity contribution in [3.63, 3.8) is 0 Å². The van der Waals surface area contributed by atoms with Gasteiger partial charge in [-0.25, -0.2) is 8.78 Å². The van der Waals surface area contributed by atoms with Crippen LogP contribution in [0.15, 0.2) is 152 Å². The smallest absolute Gasteiger partial charge is 0.308 e. The van der Waals surface area contributed by atoms with Gasteiger partial charge in [0.25, 0.3) is 0 Å². The molecule has 0 atom stereocenters. The molecule has 12 aromatic rings. The Morgan fingerprint density at radius 1 is 0.414 bits per heavy atom. The second kappa shape index (κ2) is 12.0. The maximum absolute atomic E-state index is 16.6. The van der Waals surface area contributed by atoms with E-state index in [1.54, 1.807) is 43.9 Å². The van der Waals surface area contributed by atoms with Gasteiger partial charge in [0.05, 0.1) is 39.0 Å². The van der Waals surface area contributed by atoms with E-state index in [0.717, 1.165) is 74.0 Å². The fourth-order valence-corrected chi connectivity index (χ4v) is 11.4. The van der Waals surface area contributed by atoms with E-state index in [4.69, 9.17) is 0 Å². The Labute approximate surface area is 333 Å². The van der Waals surface area contributed by atoms with Crippen LogP contribution in [-0.4, -0.2) is 9.13 Å². The summed E-state index contributed by atoms with van der Waals surface area (Å²) < 4.78 is 89.1. The minimum Gasteiger partial charge on any atom is -0.308 e. The molecular weight excluding hydrogens is 776 g/mol. The molecule has 0 radical (unpaired) electrons. The van der Waals surface area contributed by atoms with Gasteiger partial charge in [-0.05, 0) is 66.2 Å². The molecule has 0 aliphatic carbocycles. The first-order valence-electron chi connectivity index (χ1n) is 18.6. The average molecular weight is 801 g/mol. The van der Waals surface area contributed by atoms with Crippen LogP contribution in [-0.2, 0) is 6.18 Å². The van der Waals surface area contributed by atoms with Crippen LogP contribution >= 0.6 is 22.7 Å². The van der Waals surface area contributed by atoms with Crippen LogP contribution in [0.2, 0.25) is 0 Å². The number of aromatic nitrogens is 2. The van der Waals surface area contributed by atoms with Crippen molar-refractivity contribution in [2.45, 2.75) is 6.18 Å². The summed E-state index contributed by atoms with van der Waals surface area (Å²) in [6.45, 7) is 0. The number of halogens is 5. The zero-order valence-electron chi connectivity index (χ0n) is 30.0. The summed E-state index contributed by atoms with van der Waals surface area (Å²) in [4.78, 5) is 0. The van der Waals surface area contributed by atoms with Gasteiger partial charge < -0.3 is 9.13 Å². The molecule has 0 aliphatic rings. The Kier molecular flexibility index (Phi) is 6.94. The highest BCUT2D eigenvalue weighted by atomic mass is 32.1. The van der Waals surface area contributed by atoms with Gasteiger partial charge in [-0.1, -0.05) is 91.0 Å². The summed E-state index contributed by atoms with van der Waals surface area (Å²) in [6, 6.07) is 44.7. The minimum atomic E-state index is -4.94. The van der Waals surface area contributed by atoms with Gasteiger partial charge in [0.1, 0.15) is 17.2 Å². The van der Waals surface area contributed by atoms with Crippen molar-refractivity contribution in [1.29, 1.82) is 0 Å². The SMILES string of the molecule is Fc1cccc(F)c1-c1cc(-n2c3ccccc3c3ccc4sc5ccccc5c4c32)c(C(F)(F)F)c(-n2c3ccccc3c3ccc4sc5ccccc5c4c32)c1. The van der Waals surface area contributed by atoms with E-state index in [1.165, 1.54) is 18.2 Å². The predicted molar refractivity (Wildman–Crippen MR) is 231 cm³/mol. The third-order valence-corrected chi connectivity index (χ3v) is 13.7. The maximum Gasteiger partial charge on any atom is 0.420 e. The maximum atomic E-state index is 16.6. The zero-order valence-corrected chi connectivity index (χ0v) is 31.7. The largest absolute Gasteiger partial charge is 0.420 e. The second-order valence-corrected chi connectivity index (χ2v) is 16.7. The number of rotatable bonds is 3. The first kappa shape index (κ1) is 33.6. The zero-order chi connectivity index (χ0) is 39.0. The second-order valence-electron chi connectivity index (χ2n) is 14.6. The molecule has 278 valence electrons.